The van der Waals surface area contributed by atoms with Crippen molar-refractivity contribution < 1.29 is 9.15 Å². The molecule has 0 saturated carbocycles. The predicted octanol–water partition coefficient (Wildman–Crippen LogP) is 3.30. The summed E-state index contributed by atoms with van der Waals surface area (Å²) in [5.74, 6) is 2.49. The Morgan fingerprint density at radius 3 is 2.61 bits per heavy atom. The van der Waals surface area contributed by atoms with Crippen LogP contribution < -0.4 is 10.5 Å². The summed E-state index contributed by atoms with van der Waals surface area (Å²) in [6.07, 6.45) is 0.643. The Bertz CT molecular complexity index is 549. The minimum absolute atomic E-state index is 0.408. The fourth-order valence-electron chi connectivity index (χ4n) is 2.04. The van der Waals surface area contributed by atoms with Crippen LogP contribution in [0.4, 0.5) is 0 Å². The summed E-state index contributed by atoms with van der Waals surface area (Å²) >= 11 is 6.07. The van der Waals surface area contributed by atoms with Crippen molar-refractivity contribution in [1.82, 2.24) is 0 Å². The lowest BCUT2D eigenvalue weighted by Crippen LogP contribution is -1.96. The van der Waals surface area contributed by atoms with Gasteiger partial charge in [0.1, 0.15) is 17.3 Å². The summed E-state index contributed by atoms with van der Waals surface area (Å²) in [5.41, 5.74) is 7.55. The average Bonchev–Trinajstić information content (AvgIpc) is 2.76. The van der Waals surface area contributed by atoms with Gasteiger partial charge in [0.2, 0.25) is 0 Å². The van der Waals surface area contributed by atoms with Crippen molar-refractivity contribution >= 4 is 11.6 Å². The number of halogens is 1. The van der Waals surface area contributed by atoms with Crippen molar-refractivity contribution in [3.05, 3.63) is 51.9 Å². The van der Waals surface area contributed by atoms with Crippen molar-refractivity contribution in [1.29, 1.82) is 0 Å². The monoisotopic (exact) mass is 265 g/mol. The third-order valence-electron chi connectivity index (χ3n) is 2.80. The van der Waals surface area contributed by atoms with Gasteiger partial charge in [-0.2, -0.15) is 0 Å². The molecule has 0 spiro atoms. The van der Waals surface area contributed by atoms with Crippen LogP contribution >= 0.6 is 11.6 Å². The molecule has 2 N–H and O–H groups in total. The summed E-state index contributed by atoms with van der Waals surface area (Å²) < 4.78 is 11.0. The Morgan fingerprint density at radius 1 is 1.28 bits per heavy atom. The fraction of sp³-hybridized carbons (Fsp3) is 0.286. The zero-order chi connectivity index (χ0) is 13.1. The van der Waals surface area contributed by atoms with Gasteiger partial charge in [0.25, 0.3) is 0 Å². The smallest absolute Gasteiger partial charge is 0.125 e. The van der Waals surface area contributed by atoms with Gasteiger partial charge >= 0.3 is 0 Å². The van der Waals surface area contributed by atoms with Crippen molar-refractivity contribution in [3.8, 4) is 5.75 Å². The molecule has 0 radical (unpaired) electrons. The standard InChI is InChI=1S/C14H16ClNO2/c1-9-5-11(15)6-10(14(9)17-2)7-12-3-4-13(8-16)18-12/h3-6H,7-8,16H2,1-2H3. The maximum absolute atomic E-state index is 6.07. The number of benzene rings is 1. The fourth-order valence-corrected chi connectivity index (χ4v) is 2.33. The van der Waals surface area contributed by atoms with E-state index in [1.54, 1.807) is 7.11 Å². The molecule has 2 rings (SSSR count). The Hall–Kier alpha value is -1.45. The molecule has 2 aromatic rings. The number of hydrogen-bond donors (Lipinski definition) is 1. The lowest BCUT2D eigenvalue weighted by molar-refractivity contribution is 0.404. The Kier molecular flexibility index (Phi) is 3.94. The largest absolute Gasteiger partial charge is 0.496 e. The van der Waals surface area contributed by atoms with E-state index in [4.69, 9.17) is 26.5 Å². The quantitative estimate of drug-likeness (QED) is 0.923. The van der Waals surface area contributed by atoms with Gasteiger partial charge in [-0.3, -0.25) is 0 Å². The molecule has 3 nitrogen and oxygen atoms in total. The molecule has 0 aliphatic carbocycles. The van der Waals surface area contributed by atoms with E-state index in [0.717, 1.165) is 28.4 Å². The summed E-state index contributed by atoms with van der Waals surface area (Å²) in [5, 5.41) is 0.703. The van der Waals surface area contributed by atoms with Gasteiger partial charge in [-0.05, 0) is 36.8 Å². The maximum Gasteiger partial charge on any atom is 0.125 e. The van der Waals surface area contributed by atoms with E-state index in [-0.39, 0.29) is 0 Å². The predicted molar refractivity (Wildman–Crippen MR) is 72.1 cm³/mol. The van der Waals surface area contributed by atoms with Crippen LogP contribution in [-0.2, 0) is 13.0 Å². The second-order valence-electron chi connectivity index (χ2n) is 4.16. The molecule has 1 aromatic carbocycles. The van der Waals surface area contributed by atoms with Crippen molar-refractivity contribution in [3.63, 3.8) is 0 Å². The highest BCUT2D eigenvalue weighted by Gasteiger charge is 2.11. The number of rotatable bonds is 4. The van der Waals surface area contributed by atoms with Crippen LogP contribution in [0.5, 0.6) is 5.75 Å². The lowest BCUT2D eigenvalue weighted by Gasteiger charge is -2.11. The minimum atomic E-state index is 0.408. The molecule has 0 atom stereocenters. The SMILES string of the molecule is COc1c(C)cc(Cl)cc1Cc1ccc(CN)o1. The first kappa shape index (κ1) is 13.0. The van der Waals surface area contributed by atoms with Crippen LogP contribution in [0.25, 0.3) is 0 Å². The Labute approximate surface area is 111 Å². The van der Waals surface area contributed by atoms with E-state index in [2.05, 4.69) is 0 Å². The van der Waals surface area contributed by atoms with Gasteiger partial charge in [-0.25, -0.2) is 0 Å². The summed E-state index contributed by atoms with van der Waals surface area (Å²) in [7, 11) is 1.66. The molecule has 96 valence electrons. The number of aryl methyl sites for hydroxylation is 1. The second kappa shape index (κ2) is 5.46. The summed E-state index contributed by atoms with van der Waals surface area (Å²) in [6.45, 7) is 2.38. The van der Waals surface area contributed by atoms with E-state index in [9.17, 15) is 0 Å². The molecule has 0 unspecified atom stereocenters. The van der Waals surface area contributed by atoms with E-state index in [1.807, 2.05) is 31.2 Å². The molecular weight excluding hydrogens is 250 g/mol. The zero-order valence-electron chi connectivity index (χ0n) is 10.5. The third kappa shape index (κ3) is 2.68. The van der Waals surface area contributed by atoms with Crippen LogP contribution in [0.3, 0.4) is 0 Å². The van der Waals surface area contributed by atoms with Crippen molar-refractivity contribution in [2.24, 2.45) is 5.73 Å². The normalized spacial score (nSPS) is 10.7. The van der Waals surface area contributed by atoms with Gasteiger partial charge in [0.15, 0.2) is 0 Å². The molecule has 0 bridgehead atoms. The first-order valence-corrected chi connectivity index (χ1v) is 6.12. The van der Waals surface area contributed by atoms with Crippen LogP contribution in [0, 0.1) is 6.92 Å². The second-order valence-corrected chi connectivity index (χ2v) is 4.60. The van der Waals surface area contributed by atoms with E-state index < -0.39 is 0 Å². The maximum atomic E-state index is 6.07. The molecule has 4 heteroatoms. The number of nitrogens with two attached hydrogens (primary N) is 1. The third-order valence-corrected chi connectivity index (χ3v) is 3.02. The van der Waals surface area contributed by atoms with E-state index in [1.165, 1.54) is 0 Å². The minimum Gasteiger partial charge on any atom is -0.496 e. The summed E-state index contributed by atoms with van der Waals surface area (Å²) in [6, 6.07) is 7.60. The first-order chi connectivity index (χ1) is 8.63. The van der Waals surface area contributed by atoms with Crippen molar-refractivity contribution in [2.45, 2.75) is 19.9 Å². The van der Waals surface area contributed by atoms with E-state index >= 15 is 0 Å². The molecule has 0 amide bonds. The highest BCUT2D eigenvalue weighted by atomic mass is 35.5. The lowest BCUT2D eigenvalue weighted by atomic mass is 10.1. The first-order valence-electron chi connectivity index (χ1n) is 5.74. The van der Waals surface area contributed by atoms with Gasteiger partial charge in [0.05, 0.1) is 13.7 Å². The Morgan fingerprint density at radius 2 is 2.00 bits per heavy atom. The van der Waals surface area contributed by atoms with Crippen molar-refractivity contribution in [2.75, 3.05) is 7.11 Å². The summed E-state index contributed by atoms with van der Waals surface area (Å²) in [4.78, 5) is 0. The zero-order valence-corrected chi connectivity index (χ0v) is 11.3. The van der Waals surface area contributed by atoms with Crippen LogP contribution in [0.2, 0.25) is 5.02 Å². The molecule has 0 saturated heterocycles. The number of methoxy groups -OCH3 is 1. The van der Waals surface area contributed by atoms with Gasteiger partial charge in [-0.1, -0.05) is 11.6 Å². The van der Waals surface area contributed by atoms with Gasteiger partial charge in [-0.15, -0.1) is 0 Å². The molecule has 0 aliphatic rings. The topological polar surface area (TPSA) is 48.4 Å². The number of furan rings is 1. The van der Waals surface area contributed by atoms with Crippen LogP contribution in [0.15, 0.2) is 28.7 Å². The van der Waals surface area contributed by atoms with Gasteiger partial charge < -0.3 is 14.9 Å². The molecular formula is C14H16ClNO2. The molecule has 0 aliphatic heterocycles. The molecule has 1 aromatic heterocycles. The average molecular weight is 266 g/mol. The highest BCUT2D eigenvalue weighted by molar-refractivity contribution is 6.30. The number of ether oxygens (including phenoxy) is 1. The van der Waals surface area contributed by atoms with Crippen LogP contribution in [0.1, 0.15) is 22.6 Å². The molecule has 0 fully saturated rings. The number of hydrogen-bond acceptors (Lipinski definition) is 3. The molecule has 1 heterocycles. The van der Waals surface area contributed by atoms with E-state index in [0.29, 0.717) is 18.0 Å². The molecule has 18 heavy (non-hydrogen) atoms. The Balaban J connectivity index is 2.32. The highest BCUT2D eigenvalue weighted by Crippen LogP contribution is 2.29. The van der Waals surface area contributed by atoms with Crippen LogP contribution in [-0.4, -0.2) is 7.11 Å². The van der Waals surface area contributed by atoms with Gasteiger partial charge in [0, 0.05) is 17.0 Å².